The molecule has 0 unspecified atom stereocenters. The maximum atomic E-state index is 9.26. The maximum absolute atomic E-state index is 9.26. The molecule has 0 saturated heterocycles. The molecule has 0 aromatic heterocycles. The van der Waals surface area contributed by atoms with E-state index in [-0.39, 0.29) is 0 Å². The SMILES string of the molecule is C=CCOc1ccc2c(c1)/C(=N\O)c1ccccc1-2. The van der Waals surface area contributed by atoms with Crippen molar-refractivity contribution < 1.29 is 9.94 Å². The van der Waals surface area contributed by atoms with Gasteiger partial charge in [-0.1, -0.05) is 42.1 Å². The molecule has 19 heavy (non-hydrogen) atoms. The lowest BCUT2D eigenvalue weighted by atomic mass is 10.1. The van der Waals surface area contributed by atoms with Crippen molar-refractivity contribution in [3.8, 4) is 16.9 Å². The number of rotatable bonds is 3. The summed E-state index contributed by atoms with van der Waals surface area (Å²) in [6.07, 6.45) is 1.70. The van der Waals surface area contributed by atoms with Crippen LogP contribution in [0.1, 0.15) is 11.1 Å². The molecule has 0 saturated carbocycles. The van der Waals surface area contributed by atoms with E-state index in [1.807, 2.05) is 42.5 Å². The van der Waals surface area contributed by atoms with E-state index in [1.165, 1.54) is 0 Å². The summed E-state index contributed by atoms with van der Waals surface area (Å²) in [6.45, 7) is 4.08. The third-order valence-electron chi connectivity index (χ3n) is 3.19. The molecular weight excluding hydrogens is 238 g/mol. The lowest BCUT2D eigenvalue weighted by Crippen LogP contribution is -1.99. The van der Waals surface area contributed by atoms with Crippen LogP contribution >= 0.6 is 0 Å². The predicted octanol–water partition coefficient (Wildman–Crippen LogP) is 3.46. The Morgan fingerprint density at radius 1 is 1.05 bits per heavy atom. The van der Waals surface area contributed by atoms with Crippen LogP contribution in [0.2, 0.25) is 0 Å². The van der Waals surface area contributed by atoms with Crippen molar-refractivity contribution in [3.63, 3.8) is 0 Å². The molecule has 0 aliphatic heterocycles. The van der Waals surface area contributed by atoms with E-state index in [1.54, 1.807) is 6.08 Å². The third-order valence-corrected chi connectivity index (χ3v) is 3.19. The summed E-state index contributed by atoms with van der Waals surface area (Å²) in [5.41, 5.74) is 4.58. The van der Waals surface area contributed by atoms with Crippen LogP contribution < -0.4 is 4.74 Å². The molecule has 0 atom stereocenters. The molecule has 2 aromatic rings. The molecule has 0 spiro atoms. The number of oxime groups is 1. The van der Waals surface area contributed by atoms with Crippen molar-refractivity contribution in [1.29, 1.82) is 0 Å². The van der Waals surface area contributed by atoms with Gasteiger partial charge >= 0.3 is 0 Å². The summed E-state index contributed by atoms with van der Waals surface area (Å²) in [6, 6.07) is 13.7. The standard InChI is InChI=1S/C16H13NO2/c1-2-9-19-11-7-8-13-12-5-3-4-6-14(12)16(17-18)15(13)10-11/h2-8,10,18H,1,9H2/b17-16-. The van der Waals surface area contributed by atoms with Gasteiger partial charge in [-0.15, -0.1) is 0 Å². The van der Waals surface area contributed by atoms with Crippen LogP contribution in [0.25, 0.3) is 11.1 Å². The van der Waals surface area contributed by atoms with Gasteiger partial charge in [-0.05, 0) is 29.3 Å². The summed E-state index contributed by atoms with van der Waals surface area (Å²) < 4.78 is 5.52. The second-order valence-corrected chi connectivity index (χ2v) is 4.30. The summed E-state index contributed by atoms with van der Waals surface area (Å²) >= 11 is 0. The van der Waals surface area contributed by atoms with E-state index in [0.717, 1.165) is 28.0 Å². The van der Waals surface area contributed by atoms with Gasteiger partial charge < -0.3 is 9.94 Å². The second kappa shape index (κ2) is 4.61. The summed E-state index contributed by atoms with van der Waals surface area (Å²) in [5, 5.41) is 12.7. The molecule has 0 radical (unpaired) electrons. The number of hydrogen-bond acceptors (Lipinski definition) is 3. The van der Waals surface area contributed by atoms with Crippen LogP contribution in [0, 0.1) is 0 Å². The molecule has 2 aromatic carbocycles. The Kier molecular flexibility index (Phi) is 2.80. The fourth-order valence-electron chi connectivity index (χ4n) is 2.38. The fraction of sp³-hybridized carbons (Fsp3) is 0.0625. The van der Waals surface area contributed by atoms with Gasteiger partial charge in [-0.25, -0.2) is 0 Å². The van der Waals surface area contributed by atoms with E-state index in [4.69, 9.17) is 4.74 Å². The second-order valence-electron chi connectivity index (χ2n) is 4.30. The molecule has 3 heteroatoms. The van der Waals surface area contributed by atoms with Crippen LogP contribution in [-0.2, 0) is 0 Å². The number of hydrogen-bond donors (Lipinski definition) is 1. The van der Waals surface area contributed by atoms with Gasteiger partial charge in [-0.3, -0.25) is 0 Å². The lowest BCUT2D eigenvalue weighted by molar-refractivity contribution is 0.319. The number of benzene rings is 2. The van der Waals surface area contributed by atoms with Crippen molar-refractivity contribution in [1.82, 2.24) is 0 Å². The van der Waals surface area contributed by atoms with Crippen molar-refractivity contribution >= 4 is 5.71 Å². The zero-order valence-corrected chi connectivity index (χ0v) is 10.3. The van der Waals surface area contributed by atoms with Gasteiger partial charge in [0, 0.05) is 11.1 Å². The molecule has 0 fully saturated rings. The number of ether oxygens (including phenoxy) is 1. The first-order valence-corrected chi connectivity index (χ1v) is 6.05. The Hall–Kier alpha value is -2.55. The molecule has 3 rings (SSSR count). The van der Waals surface area contributed by atoms with E-state index in [9.17, 15) is 5.21 Å². The molecule has 94 valence electrons. The van der Waals surface area contributed by atoms with E-state index in [0.29, 0.717) is 12.3 Å². The smallest absolute Gasteiger partial charge is 0.120 e. The monoisotopic (exact) mass is 251 g/mol. The van der Waals surface area contributed by atoms with Gasteiger partial charge in [-0.2, -0.15) is 0 Å². The van der Waals surface area contributed by atoms with Crippen LogP contribution in [0.3, 0.4) is 0 Å². The van der Waals surface area contributed by atoms with Crippen LogP contribution in [0.5, 0.6) is 5.75 Å². The largest absolute Gasteiger partial charge is 0.490 e. The Labute approximate surface area is 111 Å². The average Bonchev–Trinajstić information content (AvgIpc) is 2.78. The Balaban J connectivity index is 2.12. The highest BCUT2D eigenvalue weighted by atomic mass is 16.5. The fourth-order valence-corrected chi connectivity index (χ4v) is 2.38. The van der Waals surface area contributed by atoms with Crippen molar-refractivity contribution in [3.05, 3.63) is 66.2 Å². The van der Waals surface area contributed by atoms with E-state index < -0.39 is 0 Å². The van der Waals surface area contributed by atoms with Crippen LogP contribution in [0.15, 0.2) is 60.3 Å². The van der Waals surface area contributed by atoms with Gasteiger partial charge in [0.25, 0.3) is 0 Å². The average molecular weight is 251 g/mol. The Bertz CT molecular complexity index is 674. The minimum Gasteiger partial charge on any atom is -0.490 e. The number of fused-ring (bicyclic) bond motifs is 3. The lowest BCUT2D eigenvalue weighted by Gasteiger charge is -2.06. The zero-order chi connectivity index (χ0) is 13.2. The van der Waals surface area contributed by atoms with Crippen LogP contribution in [0.4, 0.5) is 0 Å². The first-order chi connectivity index (χ1) is 9.35. The molecule has 1 aliphatic rings. The molecule has 3 nitrogen and oxygen atoms in total. The normalized spacial score (nSPS) is 14.0. The van der Waals surface area contributed by atoms with Crippen molar-refractivity contribution in [2.75, 3.05) is 6.61 Å². The highest BCUT2D eigenvalue weighted by molar-refractivity contribution is 6.24. The van der Waals surface area contributed by atoms with Gasteiger partial charge in [0.05, 0.1) is 0 Å². The van der Waals surface area contributed by atoms with Gasteiger partial charge in [0.15, 0.2) is 0 Å². The molecular formula is C16H13NO2. The van der Waals surface area contributed by atoms with Crippen molar-refractivity contribution in [2.45, 2.75) is 0 Å². The minimum atomic E-state index is 0.456. The molecule has 0 heterocycles. The van der Waals surface area contributed by atoms with Gasteiger partial charge in [0.2, 0.25) is 0 Å². The molecule has 0 bridgehead atoms. The first-order valence-electron chi connectivity index (χ1n) is 6.05. The number of nitrogens with zero attached hydrogens (tertiary/aromatic N) is 1. The van der Waals surface area contributed by atoms with Crippen LogP contribution in [-0.4, -0.2) is 17.5 Å². The van der Waals surface area contributed by atoms with Crippen molar-refractivity contribution in [2.24, 2.45) is 5.16 Å². The van der Waals surface area contributed by atoms with E-state index >= 15 is 0 Å². The minimum absolute atomic E-state index is 0.456. The Morgan fingerprint density at radius 2 is 1.79 bits per heavy atom. The zero-order valence-electron chi connectivity index (χ0n) is 10.3. The maximum Gasteiger partial charge on any atom is 0.120 e. The van der Waals surface area contributed by atoms with Gasteiger partial charge in [0.1, 0.15) is 18.1 Å². The molecule has 1 aliphatic carbocycles. The quantitative estimate of drug-likeness (QED) is 0.440. The topological polar surface area (TPSA) is 41.8 Å². The highest BCUT2D eigenvalue weighted by Gasteiger charge is 2.25. The summed E-state index contributed by atoms with van der Waals surface area (Å²) in [4.78, 5) is 0. The molecule has 1 N–H and O–H groups in total. The summed E-state index contributed by atoms with van der Waals surface area (Å²) in [5.74, 6) is 0.743. The third kappa shape index (κ3) is 1.80. The molecule has 0 amide bonds. The summed E-state index contributed by atoms with van der Waals surface area (Å²) in [7, 11) is 0. The predicted molar refractivity (Wildman–Crippen MR) is 75.0 cm³/mol. The first kappa shape index (κ1) is 11.5. The Morgan fingerprint density at radius 3 is 2.53 bits per heavy atom. The van der Waals surface area contributed by atoms with E-state index in [2.05, 4.69) is 11.7 Å². The highest BCUT2D eigenvalue weighted by Crippen LogP contribution is 2.38.